The van der Waals surface area contributed by atoms with Gasteiger partial charge in [-0.05, 0) is 86.9 Å². The lowest BCUT2D eigenvalue weighted by molar-refractivity contribution is -0.124. The molecule has 0 saturated carbocycles. The first-order valence-corrected chi connectivity index (χ1v) is 20.3. The van der Waals surface area contributed by atoms with Crippen LogP contribution in [0.2, 0.25) is 0 Å². The summed E-state index contributed by atoms with van der Waals surface area (Å²) < 4.78 is 42.7. The van der Waals surface area contributed by atoms with Gasteiger partial charge in [0.05, 0.1) is 24.3 Å². The van der Waals surface area contributed by atoms with Crippen LogP contribution in [-0.4, -0.2) is 107 Å². The fraction of sp³-hybridized carbons (Fsp3) is 0.585. The van der Waals surface area contributed by atoms with Crippen LogP contribution >= 0.6 is 0 Å². The van der Waals surface area contributed by atoms with Gasteiger partial charge >= 0.3 is 18.1 Å². The molecule has 298 valence electrons. The lowest BCUT2D eigenvalue weighted by atomic mass is 9.88. The van der Waals surface area contributed by atoms with E-state index in [2.05, 4.69) is 27.4 Å². The van der Waals surface area contributed by atoms with Crippen LogP contribution in [0.15, 0.2) is 24.3 Å². The standard InChI is InChI=1S/C41H50F2N8O5/c1-3-29-31(43)9-8-26-17-28(56-39(54)49-13-4-7-25(2)20-49)18-33(34(26)29)48-16-10-30-32(22-48)44-38(55-24-40-11-5-15-51(40)21-27(42)19-40)45-35(30)50-14-6-12-41(23-50)36(52)46-37(53)47-41/h8-9,17-18,25,27H,3-7,10-16,19-24H2,1-2H3,(H2,46,47,52,53)/t25-,27+,40-,41+/m0/s1. The number of nitrogens with zero attached hydrogens (tertiary/aromatic N) is 6. The molecule has 6 aliphatic heterocycles. The van der Waals surface area contributed by atoms with Crippen molar-refractivity contribution in [3.05, 3.63) is 46.9 Å². The van der Waals surface area contributed by atoms with Crippen LogP contribution in [0.4, 0.5) is 29.9 Å². The van der Waals surface area contributed by atoms with Gasteiger partial charge in [0.15, 0.2) is 0 Å². The maximum atomic E-state index is 15.5. The molecule has 9 rings (SSSR count). The van der Waals surface area contributed by atoms with Gasteiger partial charge in [0, 0.05) is 61.8 Å². The van der Waals surface area contributed by atoms with Crippen LogP contribution in [-0.2, 0) is 24.2 Å². The number of hydrogen-bond donors (Lipinski definition) is 2. The average Bonchev–Trinajstić information content (AvgIpc) is 3.80. The van der Waals surface area contributed by atoms with Crippen LogP contribution in [0.25, 0.3) is 10.8 Å². The summed E-state index contributed by atoms with van der Waals surface area (Å²) in [5, 5.41) is 6.81. The Morgan fingerprint density at radius 2 is 1.89 bits per heavy atom. The fourth-order valence-corrected chi connectivity index (χ4v) is 10.3. The molecule has 56 heavy (non-hydrogen) atoms. The minimum absolute atomic E-state index is 0.173. The second-order valence-electron chi connectivity index (χ2n) is 16.8. The second kappa shape index (κ2) is 14.3. The number of rotatable bonds is 7. The Hall–Kier alpha value is -4.79. The van der Waals surface area contributed by atoms with Crippen LogP contribution in [0.5, 0.6) is 11.8 Å². The van der Waals surface area contributed by atoms with E-state index in [4.69, 9.17) is 19.4 Å². The molecule has 1 spiro atoms. The van der Waals surface area contributed by atoms with Gasteiger partial charge in [-0.3, -0.25) is 15.0 Å². The fourth-order valence-electron chi connectivity index (χ4n) is 10.3. The van der Waals surface area contributed by atoms with E-state index in [-0.39, 0.29) is 30.9 Å². The number of aryl methyl sites for hydroxylation is 1. The number of fused-ring (bicyclic) bond motifs is 3. The zero-order chi connectivity index (χ0) is 38.8. The largest absolute Gasteiger partial charge is 0.461 e. The molecule has 2 aromatic carbocycles. The van der Waals surface area contributed by atoms with Gasteiger partial charge < -0.3 is 29.5 Å². The van der Waals surface area contributed by atoms with E-state index in [1.165, 1.54) is 6.07 Å². The Labute approximate surface area is 325 Å². The number of amides is 4. The minimum Gasteiger partial charge on any atom is -0.461 e. The first-order valence-electron chi connectivity index (χ1n) is 20.3. The molecule has 2 N–H and O–H groups in total. The third-order valence-electron chi connectivity index (χ3n) is 13.0. The molecule has 0 bridgehead atoms. The molecule has 15 heteroatoms. The molecule has 1 aromatic heterocycles. The highest BCUT2D eigenvalue weighted by molar-refractivity contribution is 6.07. The van der Waals surface area contributed by atoms with E-state index in [0.29, 0.717) is 94.4 Å². The average molecular weight is 773 g/mol. The monoisotopic (exact) mass is 772 g/mol. The summed E-state index contributed by atoms with van der Waals surface area (Å²) in [6.45, 7) is 8.56. The molecule has 0 aliphatic carbocycles. The van der Waals surface area contributed by atoms with E-state index in [0.717, 1.165) is 59.9 Å². The number of carbonyl (C=O) groups excluding carboxylic acids is 3. The maximum Gasteiger partial charge on any atom is 0.415 e. The molecule has 13 nitrogen and oxygen atoms in total. The third kappa shape index (κ3) is 6.54. The number of piperidine rings is 2. The summed E-state index contributed by atoms with van der Waals surface area (Å²) in [4.78, 5) is 56.9. The van der Waals surface area contributed by atoms with Gasteiger partial charge in [0.25, 0.3) is 5.91 Å². The summed E-state index contributed by atoms with van der Waals surface area (Å²) >= 11 is 0. The van der Waals surface area contributed by atoms with Crippen molar-refractivity contribution >= 4 is 40.3 Å². The highest BCUT2D eigenvalue weighted by Gasteiger charge is 2.51. The van der Waals surface area contributed by atoms with E-state index < -0.39 is 29.4 Å². The SMILES string of the molecule is CCc1c(F)ccc2cc(OC(=O)N3CCC[C@H](C)C3)cc(N3CCc4c(nc(OC[C@@]56CCCN5C[C@H](F)C6)nc4N4CCC[C@]5(C4)NC(=O)NC5=O)C3)c12. The van der Waals surface area contributed by atoms with Crippen molar-refractivity contribution in [1.82, 2.24) is 30.4 Å². The van der Waals surface area contributed by atoms with Gasteiger partial charge in [-0.1, -0.05) is 19.9 Å². The van der Waals surface area contributed by atoms with E-state index in [1.807, 2.05) is 24.0 Å². The number of alkyl halides is 1. The predicted octanol–water partition coefficient (Wildman–Crippen LogP) is 5.26. The number of aromatic nitrogens is 2. The summed E-state index contributed by atoms with van der Waals surface area (Å²) in [6.07, 6.45) is 5.09. The van der Waals surface area contributed by atoms with Gasteiger partial charge in [-0.15, -0.1) is 0 Å². The lowest BCUT2D eigenvalue weighted by Crippen LogP contribution is -2.59. The molecule has 5 fully saturated rings. The number of carbonyl (C=O) groups is 3. The number of urea groups is 1. The number of hydrogen-bond acceptors (Lipinski definition) is 10. The number of halogens is 2. The highest BCUT2D eigenvalue weighted by atomic mass is 19.1. The Balaban J connectivity index is 1.08. The molecular formula is C41H50F2N8O5. The van der Waals surface area contributed by atoms with Crippen molar-refractivity contribution in [2.45, 2.75) is 95.4 Å². The molecule has 5 saturated heterocycles. The molecule has 4 amide bonds. The molecule has 6 aliphatic rings. The van der Waals surface area contributed by atoms with Crippen LogP contribution in [0.1, 0.15) is 75.6 Å². The van der Waals surface area contributed by atoms with Crippen LogP contribution < -0.4 is 29.9 Å². The molecule has 0 unspecified atom stereocenters. The molecule has 4 atom stereocenters. The summed E-state index contributed by atoms with van der Waals surface area (Å²) in [6, 6.07) is 6.53. The van der Waals surface area contributed by atoms with E-state index in [1.54, 1.807) is 11.0 Å². The Morgan fingerprint density at radius 1 is 1.04 bits per heavy atom. The van der Waals surface area contributed by atoms with E-state index >= 15 is 4.39 Å². The number of imide groups is 1. The van der Waals surface area contributed by atoms with E-state index in [9.17, 15) is 18.8 Å². The lowest BCUT2D eigenvalue weighted by Gasteiger charge is -2.40. The second-order valence-corrected chi connectivity index (χ2v) is 16.8. The van der Waals surface area contributed by atoms with Crippen molar-refractivity contribution < 1.29 is 32.6 Å². The number of benzene rings is 2. The Kier molecular flexibility index (Phi) is 9.40. The minimum atomic E-state index is -1.07. The maximum absolute atomic E-state index is 15.5. The van der Waals surface area contributed by atoms with Crippen LogP contribution in [0, 0.1) is 11.7 Å². The number of nitrogens with one attached hydrogen (secondary N) is 2. The van der Waals surface area contributed by atoms with Crippen molar-refractivity contribution in [3.8, 4) is 11.8 Å². The molecule has 0 radical (unpaired) electrons. The van der Waals surface area contributed by atoms with Crippen LogP contribution in [0.3, 0.4) is 0 Å². The molecule has 3 aromatic rings. The highest BCUT2D eigenvalue weighted by Crippen LogP contribution is 2.42. The zero-order valence-corrected chi connectivity index (χ0v) is 32.2. The van der Waals surface area contributed by atoms with Gasteiger partial charge in [-0.2, -0.15) is 9.97 Å². The van der Waals surface area contributed by atoms with Crippen molar-refractivity contribution in [2.75, 3.05) is 62.2 Å². The van der Waals surface area contributed by atoms with Gasteiger partial charge in [0.1, 0.15) is 35.7 Å². The predicted molar refractivity (Wildman–Crippen MR) is 205 cm³/mol. The Bertz CT molecular complexity index is 2090. The first kappa shape index (κ1) is 36.8. The van der Waals surface area contributed by atoms with Crippen molar-refractivity contribution in [2.24, 2.45) is 5.92 Å². The smallest absolute Gasteiger partial charge is 0.415 e. The zero-order valence-electron chi connectivity index (χ0n) is 32.2. The number of anilines is 2. The molecular weight excluding hydrogens is 722 g/mol. The number of likely N-dealkylation sites (tertiary alicyclic amines) is 1. The quantitative estimate of drug-likeness (QED) is 0.307. The topological polar surface area (TPSA) is 132 Å². The Morgan fingerprint density at radius 3 is 2.70 bits per heavy atom. The van der Waals surface area contributed by atoms with Gasteiger partial charge in [-0.25, -0.2) is 18.4 Å². The normalized spacial score (nSPS) is 27.8. The summed E-state index contributed by atoms with van der Waals surface area (Å²) in [5.41, 5.74) is 1.48. The number of ether oxygens (including phenoxy) is 2. The summed E-state index contributed by atoms with van der Waals surface area (Å²) in [5.74, 6) is 0.795. The molecule has 7 heterocycles. The summed E-state index contributed by atoms with van der Waals surface area (Å²) in [7, 11) is 0. The van der Waals surface area contributed by atoms with Crippen molar-refractivity contribution in [3.63, 3.8) is 0 Å². The third-order valence-corrected chi connectivity index (χ3v) is 13.0. The van der Waals surface area contributed by atoms with Crippen molar-refractivity contribution in [1.29, 1.82) is 0 Å². The first-order chi connectivity index (χ1) is 27.0. The van der Waals surface area contributed by atoms with Gasteiger partial charge in [0.2, 0.25) is 0 Å².